The third-order valence-corrected chi connectivity index (χ3v) is 5.44. The zero-order chi connectivity index (χ0) is 18.6. The number of nitrogens with one attached hydrogen (secondary N) is 2. The van der Waals surface area contributed by atoms with Crippen LogP contribution in [0.3, 0.4) is 0 Å². The Hall–Kier alpha value is -2.92. The summed E-state index contributed by atoms with van der Waals surface area (Å²) in [6.07, 6.45) is -0.380. The summed E-state index contributed by atoms with van der Waals surface area (Å²) in [6.45, 7) is 4.27. The van der Waals surface area contributed by atoms with Gasteiger partial charge in [0.05, 0.1) is 29.9 Å². The second-order valence-corrected chi connectivity index (χ2v) is 7.09. The van der Waals surface area contributed by atoms with Gasteiger partial charge in [0.2, 0.25) is 11.8 Å². The zero-order valence-electron chi connectivity index (χ0n) is 14.4. The molecule has 0 bridgehead atoms. The highest BCUT2D eigenvalue weighted by Crippen LogP contribution is 2.46. The Kier molecular flexibility index (Phi) is 3.53. The number of carbonyl (C=O) groups excluding carboxylic acids is 3. The van der Waals surface area contributed by atoms with Crippen molar-refractivity contribution >= 4 is 23.5 Å². The molecule has 2 N–H and O–H groups in total. The maximum Gasteiger partial charge on any atom is 0.328 e. The molecule has 134 valence electrons. The number of hydrogen-bond acceptors (Lipinski definition) is 6. The number of imide groups is 2. The van der Waals surface area contributed by atoms with Gasteiger partial charge in [0.15, 0.2) is 5.41 Å². The lowest BCUT2D eigenvalue weighted by Crippen LogP contribution is -2.75. The molecule has 4 amide bonds. The van der Waals surface area contributed by atoms with Crippen LogP contribution in [0.1, 0.15) is 25.0 Å². The minimum absolute atomic E-state index is 0.0868. The number of hydrogen-bond donors (Lipinski definition) is 2. The summed E-state index contributed by atoms with van der Waals surface area (Å²) in [4.78, 5) is 39.4. The first-order valence-electron chi connectivity index (χ1n) is 8.49. The van der Waals surface area contributed by atoms with Gasteiger partial charge in [-0.05, 0) is 44.0 Å². The van der Waals surface area contributed by atoms with E-state index in [2.05, 4.69) is 16.7 Å². The predicted octanol–water partition coefficient (Wildman–Crippen LogP) is 0.449. The maximum absolute atomic E-state index is 12.9. The minimum atomic E-state index is -1.49. The molecule has 1 aromatic carbocycles. The lowest BCUT2D eigenvalue weighted by atomic mass is 9.66. The van der Waals surface area contributed by atoms with Crippen LogP contribution >= 0.6 is 0 Å². The number of rotatable bonds is 0. The quantitative estimate of drug-likeness (QED) is 0.654. The van der Waals surface area contributed by atoms with Crippen LogP contribution in [0.15, 0.2) is 18.2 Å². The molecule has 0 aliphatic carbocycles. The molecular formula is C18H18N4O4. The molecular weight excluding hydrogens is 336 g/mol. The first-order chi connectivity index (χ1) is 12.4. The van der Waals surface area contributed by atoms with Gasteiger partial charge < -0.3 is 9.64 Å². The molecule has 8 heteroatoms. The van der Waals surface area contributed by atoms with Gasteiger partial charge in [-0.25, -0.2) is 4.79 Å². The van der Waals surface area contributed by atoms with Crippen LogP contribution in [0.25, 0.3) is 0 Å². The zero-order valence-corrected chi connectivity index (χ0v) is 14.4. The van der Waals surface area contributed by atoms with E-state index in [-0.39, 0.29) is 12.5 Å². The maximum atomic E-state index is 12.9. The molecule has 2 saturated heterocycles. The van der Waals surface area contributed by atoms with E-state index in [9.17, 15) is 19.6 Å². The summed E-state index contributed by atoms with van der Waals surface area (Å²) in [7, 11) is 0. The minimum Gasteiger partial charge on any atom is -0.372 e. The van der Waals surface area contributed by atoms with E-state index in [0.29, 0.717) is 12.1 Å². The SMILES string of the molecule is C[C@@H]1CN2c3ccc(C#N)cc3CC3(C(=O)NC(=O)NC3=O)[C@H]2[C@H](C)O1. The van der Waals surface area contributed by atoms with Crippen LogP contribution < -0.4 is 15.5 Å². The highest BCUT2D eigenvalue weighted by atomic mass is 16.5. The van der Waals surface area contributed by atoms with Gasteiger partial charge in [0, 0.05) is 12.2 Å². The van der Waals surface area contributed by atoms with Crippen LogP contribution in [-0.4, -0.2) is 42.6 Å². The lowest BCUT2D eigenvalue weighted by molar-refractivity contribution is -0.153. The fourth-order valence-corrected chi connectivity index (χ4v) is 4.52. The van der Waals surface area contributed by atoms with E-state index >= 15 is 0 Å². The van der Waals surface area contributed by atoms with E-state index in [1.807, 2.05) is 24.8 Å². The topological polar surface area (TPSA) is 112 Å². The van der Waals surface area contributed by atoms with Crippen molar-refractivity contribution in [3.63, 3.8) is 0 Å². The summed E-state index contributed by atoms with van der Waals surface area (Å²) in [5.41, 5.74) is 0.592. The average molecular weight is 354 g/mol. The highest BCUT2D eigenvalue weighted by molar-refractivity contribution is 6.20. The van der Waals surface area contributed by atoms with Crippen molar-refractivity contribution in [2.45, 2.75) is 38.5 Å². The van der Waals surface area contributed by atoms with E-state index in [0.717, 1.165) is 11.3 Å². The Balaban J connectivity index is 1.92. The molecule has 3 aliphatic heterocycles. The van der Waals surface area contributed by atoms with Gasteiger partial charge >= 0.3 is 6.03 Å². The Labute approximate surface area is 150 Å². The number of urea groups is 1. The Morgan fingerprint density at radius 3 is 2.58 bits per heavy atom. The van der Waals surface area contributed by atoms with Crippen molar-refractivity contribution in [2.24, 2.45) is 5.41 Å². The van der Waals surface area contributed by atoms with Crippen LogP contribution in [-0.2, 0) is 20.7 Å². The molecule has 3 aliphatic rings. The monoisotopic (exact) mass is 354 g/mol. The van der Waals surface area contributed by atoms with Crippen molar-refractivity contribution in [1.82, 2.24) is 10.6 Å². The van der Waals surface area contributed by atoms with Crippen LogP contribution in [0.4, 0.5) is 10.5 Å². The number of nitrogens with zero attached hydrogens (tertiary/aromatic N) is 2. The van der Waals surface area contributed by atoms with Crippen LogP contribution in [0.2, 0.25) is 0 Å². The molecule has 0 aromatic heterocycles. The molecule has 0 radical (unpaired) electrons. The molecule has 3 heterocycles. The largest absolute Gasteiger partial charge is 0.372 e. The molecule has 26 heavy (non-hydrogen) atoms. The fraction of sp³-hybridized carbons (Fsp3) is 0.444. The molecule has 0 saturated carbocycles. The Bertz CT molecular complexity index is 854. The van der Waals surface area contributed by atoms with E-state index in [1.165, 1.54) is 0 Å². The number of ether oxygens (including phenoxy) is 1. The van der Waals surface area contributed by atoms with E-state index in [4.69, 9.17) is 4.74 Å². The van der Waals surface area contributed by atoms with Gasteiger partial charge in [0.25, 0.3) is 0 Å². The molecule has 3 atom stereocenters. The molecule has 1 spiro atoms. The summed E-state index contributed by atoms with van der Waals surface area (Å²) < 4.78 is 5.93. The molecule has 2 fully saturated rings. The van der Waals surface area contributed by atoms with E-state index in [1.54, 1.807) is 12.1 Å². The van der Waals surface area contributed by atoms with Crippen molar-refractivity contribution in [3.8, 4) is 6.07 Å². The number of amides is 4. The second-order valence-electron chi connectivity index (χ2n) is 7.09. The first kappa shape index (κ1) is 16.5. The van der Waals surface area contributed by atoms with Gasteiger partial charge in [-0.3, -0.25) is 20.2 Å². The van der Waals surface area contributed by atoms with Gasteiger partial charge in [-0.2, -0.15) is 5.26 Å². The van der Waals surface area contributed by atoms with Crippen molar-refractivity contribution in [2.75, 3.05) is 11.4 Å². The lowest BCUT2D eigenvalue weighted by Gasteiger charge is -2.55. The fourth-order valence-electron chi connectivity index (χ4n) is 4.52. The van der Waals surface area contributed by atoms with Crippen LogP contribution in [0, 0.1) is 16.7 Å². The van der Waals surface area contributed by atoms with Crippen molar-refractivity contribution in [1.29, 1.82) is 5.26 Å². The molecule has 1 aromatic rings. The summed E-state index contributed by atoms with van der Waals surface area (Å²) in [6, 6.07) is 6.01. The number of morpholine rings is 1. The highest BCUT2D eigenvalue weighted by Gasteiger charge is 2.62. The van der Waals surface area contributed by atoms with Crippen molar-refractivity contribution in [3.05, 3.63) is 29.3 Å². The first-order valence-corrected chi connectivity index (χ1v) is 8.49. The van der Waals surface area contributed by atoms with Gasteiger partial charge in [0.1, 0.15) is 0 Å². The third kappa shape index (κ3) is 2.14. The molecule has 4 rings (SSSR count). The number of barbiturate groups is 1. The smallest absolute Gasteiger partial charge is 0.328 e. The normalized spacial score (nSPS) is 29.3. The summed E-state index contributed by atoms with van der Waals surface area (Å²) in [5.74, 6) is -1.25. The standard InChI is InChI=1S/C18H18N4O4/c1-9-8-22-13-4-3-11(7-19)5-12(13)6-18(14(22)10(2)26-9)15(23)20-17(25)21-16(18)24/h3-5,9-10,14H,6,8H2,1-2H3,(H2,20,21,23,24,25)/t9-,10+,14-/m1/s1. The number of benzene rings is 1. The number of carbonyl (C=O) groups is 3. The summed E-state index contributed by atoms with van der Waals surface area (Å²) >= 11 is 0. The predicted molar refractivity (Wildman–Crippen MR) is 90.1 cm³/mol. The molecule has 8 nitrogen and oxygen atoms in total. The summed E-state index contributed by atoms with van der Waals surface area (Å²) in [5, 5.41) is 13.7. The number of fused-ring (bicyclic) bond motifs is 4. The van der Waals surface area contributed by atoms with Gasteiger partial charge in [-0.15, -0.1) is 0 Å². The number of nitriles is 1. The van der Waals surface area contributed by atoms with Gasteiger partial charge in [-0.1, -0.05) is 0 Å². The average Bonchev–Trinajstić information content (AvgIpc) is 2.58. The van der Waals surface area contributed by atoms with Crippen molar-refractivity contribution < 1.29 is 19.1 Å². The van der Waals surface area contributed by atoms with E-state index < -0.39 is 35.4 Å². The second kappa shape index (κ2) is 5.54. The third-order valence-electron chi connectivity index (χ3n) is 5.44. The Morgan fingerprint density at radius 2 is 1.92 bits per heavy atom. The molecule has 0 unspecified atom stereocenters. The Morgan fingerprint density at radius 1 is 1.23 bits per heavy atom. The number of anilines is 1. The van der Waals surface area contributed by atoms with Crippen LogP contribution in [0.5, 0.6) is 0 Å².